The zero-order valence-corrected chi connectivity index (χ0v) is 25.4. The summed E-state index contributed by atoms with van der Waals surface area (Å²) >= 11 is 0. The van der Waals surface area contributed by atoms with E-state index in [1.54, 1.807) is 13.8 Å². The smallest absolute Gasteiger partial charge is 0.308 e. The Labute approximate surface area is 266 Å². The van der Waals surface area contributed by atoms with Gasteiger partial charge in [0.15, 0.2) is 12.1 Å². The molecule has 0 radical (unpaired) electrons. The minimum absolute atomic E-state index is 0.0966. The SMILES string of the molecule is CC(C)C(=O)OC[C@H]1O[C@@H](O[C@@H]2[C@@H](O)[C@@H](O)[C@H](Oc3c(-c4ccc(O)cc4)oc4cc(O)cc(O)c4c3=O)O[C@H]2C)[C@H](O)[C@@H](O)[C@@H]1O. The van der Waals surface area contributed by atoms with Crippen molar-refractivity contribution in [2.24, 2.45) is 5.92 Å². The highest BCUT2D eigenvalue weighted by molar-refractivity contribution is 5.88. The first-order valence-corrected chi connectivity index (χ1v) is 14.7. The van der Waals surface area contributed by atoms with Gasteiger partial charge in [-0.05, 0) is 31.2 Å². The van der Waals surface area contributed by atoms with Crippen molar-refractivity contribution in [1.82, 2.24) is 0 Å². The molecular formula is C31H36O16. The summed E-state index contributed by atoms with van der Waals surface area (Å²) in [6.07, 6.45) is -16.3. The third-order valence-corrected chi connectivity index (χ3v) is 7.88. The number of aliphatic hydroxyl groups excluding tert-OH is 5. The van der Waals surface area contributed by atoms with Gasteiger partial charge in [-0.15, -0.1) is 0 Å². The lowest BCUT2D eigenvalue weighted by Crippen LogP contribution is -2.64. The number of fused-ring (bicyclic) bond motifs is 1. The number of rotatable bonds is 8. The number of hydrogen-bond donors (Lipinski definition) is 8. The number of benzene rings is 2. The van der Waals surface area contributed by atoms with Crippen LogP contribution in [0.4, 0.5) is 0 Å². The fourth-order valence-electron chi connectivity index (χ4n) is 5.24. The highest BCUT2D eigenvalue weighted by Gasteiger charge is 2.50. The molecule has 0 unspecified atom stereocenters. The molecular weight excluding hydrogens is 628 g/mol. The van der Waals surface area contributed by atoms with Crippen molar-refractivity contribution in [3.8, 4) is 34.3 Å². The number of phenols is 3. The van der Waals surface area contributed by atoms with E-state index in [1.807, 2.05) is 0 Å². The van der Waals surface area contributed by atoms with Crippen molar-refractivity contribution >= 4 is 16.9 Å². The Balaban J connectivity index is 1.39. The van der Waals surface area contributed by atoms with Crippen LogP contribution in [-0.2, 0) is 23.7 Å². The fourth-order valence-corrected chi connectivity index (χ4v) is 5.24. The predicted molar refractivity (Wildman–Crippen MR) is 157 cm³/mol. The average molecular weight is 665 g/mol. The van der Waals surface area contributed by atoms with Gasteiger partial charge in [-0.1, -0.05) is 13.8 Å². The lowest BCUT2D eigenvalue weighted by molar-refractivity contribution is -0.349. The molecule has 2 aliphatic heterocycles. The van der Waals surface area contributed by atoms with E-state index >= 15 is 0 Å². The maximum Gasteiger partial charge on any atom is 0.308 e. The van der Waals surface area contributed by atoms with Crippen molar-refractivity contribution in [1.29, 1.82) is 0 Å². The van der Waals surface area contributed by atoms with E-state index in [-0.39, 0.29) is 28.0 Å². The first-order chi connectivity index (χ1) is 22.2. The Morgan fingerprint density at radius 1 is 0.851 bits per heavy atom. The van der Waals surface area contributed by atoms with Crippen LogP contribution in [0.15, 0.2) is 45.6 Å². The van der Waals surface area contributed by atoms with Crippen molar-refractivity contribution < 1.29 is 73.7 Å². The zero-order chi connectivity index (χ0) is 34.3. The van der Waals surface area contributed by atoms with Crippen LogP contribution in [0.5, 0.6) is 23.0 Å². The van der Waals surface area contributed by atoms with Crippen LogP contribution >= 0.6 is 0 Å². The van der Waals surface area contributed by atoms with Crippen LogP contribution in [-0.4, -0.2) is 115 Å². The second-order valence-corrected chi connectivity index (χ2v) is 11.7. The summed E-state index contributed by atoms with van der Waals surface area (Å²) in [5.74, 6) is -2.97. The maximum absolute atomic E-state index is 13.6. The molecule has 0 saturated carbocycles. The van der Waals surface area contributed by atoms with Gasteiger partial charge in [-0.2, -0.15) is 0 Å². The van der Waals surface area contributed by atoms with Crippen molar-refractivity contribution in [2.45, 2.75) is 82.2 Å². The number of aromatic hydroxyl groups is 3. The van der Waals surface area contributed by atoms with Gasteiger partial charge >= 0.3 is 5.97 Å². The molecule has 5 rings (SSSR count). The molecule has 0 amide bonds. The number of phenolic OH excluding ortho intramolecular Hbond substituents is 3. The Morgan fingerprint density at radius 2 is 1.51 bits per heavy atom. The second kappa shape index (κ2) is 13.6. The van der Waals surface area contributed by atoms with Gasteiger partial charge in [-0.3, -0.25) is 9.59 Å². The Hall–Kier alpha value is -4.00. The summed E-state index contributed by atoms with van der Waals surface area (Å²) in [5.41, 5.74) is -0.901. The molecule has 1 aromatic heterocycles. The number of ether oxygens (including phenoxy) is 5. The molecule has 0 spiro atoms. The van der Waals surface area contributed by atoms with Gasteiger partial charge in [0.2, 0.25) is 17.5 Å². The topological polar surface area (TPSA) is 255 Å². The average Bonchev–Trinajstić information content (AvgIpc) is 3.02. The molecule has 0 bridgehead atoms. The lowest BCUT2D eigenvalue weighted by atomic mass is 9.97. The quantitative estimate of drug-likeness (QED) is 0.145. The summed E-state index contributed by atoms with van der Waals surface area (Å²) in [6, 6.07) is 7.41. The molecule has 16 heteroatoms. The highest BCUT2D eigenvalue weighted by Crippen LogP contribution is 2.38. The molecule has 2 saturated heterocycles. The predicted octanol–water partition coefficient (Wildman–Crippen LogP) is -0.186. The summed E-state index contributed by atoms with van der Waals surface area (Å²) in [6.45, 7) is 4.12. The highest BCUT2D eigenvalue weighted by atomic mass is 16.7. The standard InChI is InChI=1S/C31H36O16/c1-11(2)29(41)42-10-18-20(35)22(37)24(39)31(45-18)46-26-12(3)43-30(25(40)23(26)38)47-28-21(36)19-16(34)8-15(33)9-17(19)44-27(28)13-4-6-14(32)7-5-13/h4-9,11-12,18,20,22-26,30-35,37-40H,10H2,1-3H3/t12-,18+,20+,22-,23-,24+,25+,26-,30-,31-/m0/s1. The lowest BCUT2D eigenvalue weighted by Gasteiger charge is -2.45. The molecule has 2 aromatic carbocycles. The van der Waals surface area contributed by atoms with E-state index in [9.17, 15) is 50.4 Å². The molecule has 16 nitrogen and oxygen atoms in total. The van der Waals surface area contributed by atoms with Crippen LogP contribution in [0.3, 0.4) is 0 Å². The summed E-state index contributed by atoms with van der Waals surface area (Å²) in [4.78, 5) is 25.5. The number of aliphatic hydroxyl groups is 5. The molecule has 10 atom stereocenters. The van der Waals surface area contributed by atoms with E-state index in [1.165, 1.54) is 31.2 Å². The number of hydrogen-bond acceptors (Lipinski definition) is 16. The minimum atomic E-state index is -1.91. The summed E-state index contributed by atoms with van der Waals surface area (Å²) in [7, 11) is 0. The molecule has 3 heterocycles. The minimum Gasteiger partial charge on any atom is -0.508 e. The molecule has 2 aliphatic rings. The van der Waals surface area contributed by atoms with Gasteiger partial charge in [0.25, 0.3) is 0 Å². The van der Waals surface area contributed by atoms with E-state index in [2.05, 4.69) is 0 Å². The molecule has 47 heavy (non-hydrogen) atoms. The maximum atomic E-state index is 13.6. The van der Waals surface area contributed by atoms with Crippen molar-refractivity contribution in [3.63, 3.8) is 0 Å². The van der Waals surface area contributed by atoms with E-state index in [4.69, 9.17) is 28.1 Å². The number of carbonyl (C=O) groups is 1. The number of carbonyl (C=O) groups excluding carboxylic acids is 1. The van der Waals surface area contributed by atoms with Gasteiger partial charge in [-0.25, -0.2) is 0 Å². The largest absolute Gasteiger partial charge is 0.508 e. The van der Waals surface area contributed by atoms with Crippen LogP contribution in [0.2, 0.25) is 0 Å². The first-order valence-electron chi connectivity index (χ1n) is 14.7. The van der Waals surface area contributed by atoms with Crippen LogP contribution in [0.1, 0.15) is 20.8 Å². The van der Waals surface area contributed by atoms with Crippen molar-refractivity contribution in [2.75, 3.05) is 6.61 Å². The molecule has 2 fully saturated rings. The normalized spacial score (nSPS) is 31.2. The number of esters is 1. The van der Waals surface area contributed by atoms with E-state index < -0.39 is 103 Å². The first kappa shape index (κ1) is 34.3. The second-order valence-electron chi connectivity index (χ2n) is 11.7. The Bertz CT molecular complexity index is 1640. The van der Waals surface area contributed by atoms with E-state index in [0.29, 0.717) is 0 Å². The van der Waals surface area contributed by atoms with Crippen LogP contribution < -0.4 is 10.2 Å². The summed E-state index contributed by atoms with van der Waals surface area (Å²) in [5, 5.41) is 83.2. The van der Waals surface area contributed by atoms with Gasteiger partial charge in [0, 0.05) is 17.7 Å². The molecule has 8 N–H and O–H groups in total. The van der Waals surface area contributed by atoms with Crippen molar-refractivity contribution in [3.05, 3.63) is 46.6 Å². The van der Waals surface area contributed by atoms with Gasteiger partial charge in [0.05, 0.1) is 12.0 Å². The van der Waals surface area contributed by atoms with Crippen LogP contribution in [0.25, 0.3) is 22.3 Å². The monoisotopic (exact) mass is 664 g/mol. The Morgan fingerprint density at radius 3 is 2.17 bits per heavy atom. The fraction of sp³-hybridized carbons (Fsp3) is 0.484. The molecule has 256 valence electrons. The Kier molecular flexibility index (Phi) is 9.95. The third kappa shape index (κ3) is 6.86. The molecule has 3 aromatic rings. The zero-order valence-electron chi connectivity index (χ0n) is 25.4. The molecule has 0 aliphatic carbocycles. The van der Waals surface area contributed by atoms with Crippen LogP contribution in [0, 0.1) is 5.92 Å². The third-order valence-electron chi connectivity index (χ3n) is 7.88. The van der Waals surface area contributed by atoms with Gasteiger partial charge in [0.1, 0.15) is 77.6 Å². The van der Waals surface area contributed by atoms with Gasteiger partial charge < -0.3 is 69.0 Å². The van der Waals surface area contributed by atoms with E-state index in [0.717, 1.165) is 12.1 Å². The summed E-state index contributed by atoms with van der Waals surface area (Å²) < 4.78 is 33.8.